The summed E-state index contributed by atoms with van der Waals surface area (Å²) in [5, 5.41) is 9.65. The first-order chi connectivity index (χ1) is 6.93. The molecule has 0 aromatic rings. The van der Waals surface area contributed by atoms with Gasteiger partial charge < -0.3 is 5.11 Å². The molecule has 0 heterocycles. The Morgan fingerprint density at radius 1 is 1.40 bits per heavy atom. The highest BCUT2D eigenvalue weighted by molar-refractivity contribution is 6.48. The van der Waals surface area contributed by atoms with Gasteiger partial charge in [-0.25, -0.2) is 0 Å². The molecule has 0 bridgehead atoms. The molecule has 0 aromatic carbocycles. The average Bonchev–Trinajstić information content (AvgIpc) is 2.14. The van der Waals surface area contributed by atoms with Crippen molar-refractivity contribution in [1.29, 1.82) is 0 Å². The summed E-state index contributed by atoms with van der Waals surface area (Å²) in [6, 6.07) is 0. The summed E-state index contributed by atoms with van der Waals surface area (Å²) < 4.78 is 0. The maximum absolute atomic E-state index is 11.5. The van der Waals surface area contributed by atoms with E-state index >= 15 is 0 Å². The van der Waals surface area contributed by atoms with Gasteiger partial charge in [-0.2, -0.15) is 0 Å². The molecule has 3 heteroatoms. The molecule has 0 amide bonds. The Balaban J connectivity index is 3.07. The van der Waals surface area contributed by atoms with Crippen molar-refractivity contribution in [3.8, 4) is 0 Å². The number of rotatable bonds is 2. The second-order valence-corrected chi connectivity index (χ2v) is 3.83. The van der Waals surface area contributed by atoms with Crippen molar-refractivity contribution in [1.82, 2.24) is 0 Å². The van der Waals surface area contributed by atoms with Crippen LogP contribution in [-0.4, -0.2) is 16.7 Å². The Morgan fingerprint density at radius 2 is 2.00 bits per heavy atom. The van der Waals surface area contributed by atoms with Gasteiger partial charge in [0.2, 0.25) is 11.6 Å². The molecule has 0 atom stereocenters. The zero-order valence-electron chi connectivity index (χ0n) is 9.13. The number of allylic oxidation sites excluding steroid dienone is 5. The highest BCUT2D eigenvalue weighted by atomic mass is 16.3. The van der Waals surface area contributed by atoms with E-state index in [0.717, 1.165) is 5.57 Å². The fourth-order valence-electron chi connectivity index (χ4n) is 1.32. The first-order valence-electron chi connectivity index (χ1n) is 4.76. The molecule has 0 aliphatic heterocycles. The number of Topliss-reactive ketones (excluding diaryl/α,β-unsaturated/α-hetero) is 1. The summed E-state index contributed by atoms with van der Waals surface area (Å²) in [5.41, 5.74) is 1.70. The number of hydrogen-bond acceptors (Lipinski definition) is 3. The van der Waals surface area contributed by atoms with E-state index in [1.165, 1.54) is 6.08 Å². The number of hydrogen-bond donors (Lipinski definition) is 1. The summed E-state index contributed by atoms with van der Waals surface area (Å²) in [5.74, 6) is -1.21. The third kappa shape index (κ3) is 2.43. The van der Waals surface area contributed by atoms with Gasteiger partial charge in [0.05, 0.1) is 0 Å². The van der Waals surface area contributed by atoms with Gasteiger partial charge in [0.1, 0.15) is 5.76 Å². The van der Waals surface area contributed by atoms with Crippen LogP contribution in [0.3, 0.4) is 0 Å². The summed E-state index contributed by atoms with van der Waals surface area (Å²) in [7, 11) is 0. The van der Waals surface area contributed by atoms with Crippen molar-refractivity contribution in [3.05, 3.63) is 34.6 Å². The van der Waals surface area contributed by atoms with Crippen molar-refractivity contribution in [2.75, 3.05) is 0 Å². The van der Waals surface area contributed by atoms with Gasteiger partial charge in [-0.3, -0.25) is 9.59 Å². The molecule has 1 aliphatic carbocycles. The van der Waals surface area contributed by atoms with Crippen LogP contribution in [0.5, 0.6) is 0 Å². The molecule has 0 unspecified atom stereocenters. The van der Waals surface area contributed by atoms with Gasteiger partial charge in [0.25, 0.3) is 0 Å². The van der Waals surface area contributed by atoms with Crippen molar-refractivity contribution in [2.45, 2.75) is 27.2 Å². The lowest BCUT2D eigenvalue weighted by Crippen LogP contribution is -2.20. The van der Waals surface area contributed by atoms with Crippen LogP contribution in [0.1, 0.15) is 27.2 Å². The average molecular weight is 206 g/mol. The molecule has 1 N–H and O–H groups in total. The molecule has 1 aliphatic rings. The predicted octanol–water partition coefficient (Wildman–Crippen LogP) is 2.25. The van der Waals surface area contributed by atoms with Crippen LogP contribution in [-0.2, 0) is 9.59 Å². The SMILES string of the molecule is CC(C)=CCC1=C(O)C(C)=CC(=O)C1=O. The fourth-order valence-corrected chi connectivity index (χ4v) is 1.32. The Labute approximate surface area is 88.8 Å². The molecule has 1 rings (SSSR count). The van der Waals surface area contributed by atoms with E-state index in [0.29, 0.717) is 12.0 Å². The maximum Gasteiger partial charge on any atom is 0.232 e. The van der Waals surface area contributed by atoms with E-state index in [2.05, 4.69) is 0 Å². The molecule has 0 fully saturated rings. The van der Waals surface area contributed by atoms with E-state index in [4.69, 9.17) is 0 Å². The van der Waals surface area contributed by atoms with E-state index < -0.39 is 11.6 Å². The van der Waals surface area contributed by atoms with Crippen LogP contribution < -0.4 is 0 Å². The molecule has 0 radical (unpaired) electrons. The van der Waals surface area contributed by atoms with Crippen LogP contribution in [0.2, 0.25) is 0 Å². The fraction of sp³-hybridized carbons (Fsp3) is 0.333. The predicted molar refractivity (Wildman–Crippen MR) is 57.5 cm³/mol. The zero-order chi connectivity index (χ0) is 11.6. The minimum Gasteiger partial charge on any atom is -0.507 e. The normalized spacial score (nSPS) is 16.6. The van der Waals surface area contributed by atoms with E-state index in [9.17, 15) is 14.7 Å². The Hall–Kier alpha value is -1.64. The second-order valence-electron chi connectivity index (χ2n) is 3.83. The van der Waals surface area contributed by atoms with Crippen LogP contribution >= 0.6 is 0 Å². The smallest absolute Gasteiger partial charge is 0.232 e. The number of ketones is 2. The Morgan fingerprint density at radius 3 is 2.53 bits per heavy atom. The molecule has 3 nitrogen and oxygen atoms in total. The Kier molecular flexibility index (Phi) is 3.24. The summed E-state index contributed by atoms with van der Waals surface area (Å²) >= 11 is 0. The molecule has 0 saturated carbocycles. The number of carbonyl (C=O) groups is 2. The quantitative estimate of drug-likeness (QED) is 0.428. The van der Waals surface area contributed by atoms with E-state index in [1.54, 1.807) is 6.92 Å². The van der Waals surface area contributed by atoms with Crippen molar-refractivity contribution in [2.24, 2.45) is 0 Å². The second kappa shape index (κ2) is 4.26. The topological polar surface area (TPSA) is 54.4 Å². The highest BCUT2D eigenvalue weighted by Crippen LogP contribution is 2.21. The van der Waals surface area contributed by atoms with Gasteiger partial charge >= 0.3 is 0 Å². The minimum absolute atomic E-state index is 0.0582. The molecule has 0 saturated heterocycles. The summed E-state index contributed by atoms with van der Waals surface area (Å²) in [4.78, 5) is 22.7. The van der Waals surface area contributed by atoms with Crippen LogP contribution in [0.25, 0.3) is 0 Å². The molecular weight excluding hydrogens is 192 g/mol. The molecule has 80 valence electrons. The first kappa shape index (κ1) is 11.4. The van der Waals surface area contributed by atoms with Gasteiger partial charge in [-0.15, -0.1) is 0 Å². The molecule has 0 aromatic heterocycles. The Bertz CT molecular complexity index is 405. The van der Waals surface area contributed by atoms with Crippen molar-refractivity contribution in [3.63, 3.8) is 0 Å². The lowest BCUT2D eigenvalue weighted by atomic mass is 9.93. The lowest BCUT2D eigenvalue weighted by molar-refractivity contribution is -0.131. The first-order valence-corrected chi connectivity index (χ1v) is 4.76. The van der Waals surface area contributed by atoms with Crippen LogP contribution in [0.4, 0.5) is 0 Å². The van der Waals surface area contributed by atoms with Crippen LogP contribution in [0.15, 0.2) is 34.6 Å². The monoisotopic (exact) mass is 206 g/mol. The standard InChI is InChI=1S/C12H14O3/c1-7(2)4-5-9-11(14)8(3)6-10(13)12(9)15/h4,6,14H,5H2,1-3H3. The molecular formula is C12H14O3. The molecule has 15 heavy (non-hydrogen) atoms. The van der Waals surface area contributed by atoms with Crippen molar-refractivity contribution < 1.29 is 14.7 Å². The number of aliphatic hydroxyl groups excluding tert-OH is 1. The minimum atomic E-state index is -0.601. The number of aliphatic hydroxyl groups is 1. The van der Waals surface area contributed by atoms with Crippen molar-refractivity contribution >= 4 is 11.6 Å². The largest absolute Gasteiger partial charge is 0.507 e. The summed E-state index contributed by atoms with van der Waals surface area (Å²) in [6.07, 6.45) is 3.29. The molecule has 0 spiro atoms. The highest BCUT2D eigenvalue weighted by Gasteiger charge is 2.25. The van der Waals surface area contributed by atoms with Gasteiger partial charge in [-0.1, -0.05) is 11.6 Å². The summed E-state index contributed by atoms with van der Waals surface area (Å²) in [6.45, 7) is 5.41. The third-order valence-electron chi connectivity index (χ3n) is 2.22. The van der Waals surface area contributed by atoms with E-state index in [-0.39, 0.29) is 11.3 Å². The van der Waals surface area contributed by atoms with E-state index in [1.807, 2.05) is 19.9 Å². The van der Waals surface area contributed by atoms with Crippen LogP contribution in [0, 0.1) is 0 Å². The maximum atomic E-state index is 11.5. The third-order valence-corrected chi connectivity index (χ3v) is 2.22. The van der Waals surface area contributed by atoms with Gasteiger partial charge in [0, 0.05) is 5.57 Å². The number of carbonyl (C=O) groups excluding carboxylic acids is 2. The zero-order valence-corrected chi connectivity index (χ0v) is 9.13. The van der Waals surface area contributed by atoms with Gasteiger partial charge in [-0.05, 0) is 38.8 Å². The van der Waals surface area contributed by atoms with Gasteiger partial charge in [0.15, 0.2) is 0 Å². The lowest BCUT2D eigenvalue weighted by Gasteiger charge is -2.12.